The summed E-state index contributed by atoms with van der Waals surface area (Å²) in [6, 6.07) is 11.2. The van der Waals surface area contributed by atoms with Crippen molar-refractivity contribution >= 4 is 35.0 Å². The Morgan fingerprint density at radius 1 is 1.08 bits per heavy atom. The summed E-state index contributed by atoms with van der Waals surface area (Å²) >= 11 is 6.39. The van der Waals surface area contributed by atoms with E-state index < -0.39 is 23.6 Å². The first-order chi connectivity index (χ1) is 17.5. The van der Waals surface area contributed by atoms with Crippen LogP contribution in [0, 0.1) is 11.6 Å². The number of nitrogens with one attached hydrogen (secondary N) is 2. The minimum Gasteiger partial charge on any atom is -0.385 e. The summed E-state index contributed by atoms with van der Waals surface area (Å²) in [7, 11) is 1.53. The number of anilines is 2. The van der Waals surface area contributed by atoms with E-state index in [0.29, 0.717) is 29.6 Å². The zero-order chi connectivity index (χ0) is 27.2. The lowest BCUT2D eigenvalue weighted by Gasteiger charge is -2.23. The van der Waals surface area contributed by atoms with E-state index in [1.807, 2.05) is 26.8 Å². The van der Waals surface area contributed by atoms with E-state index >= 15 is 0 Å². The highest BCUT2D eigenvalue weighted by molar-refractivity contribution is 6.32. The predicted octanol–water partition coefficient (Wildman–Crippen LogP) is 5.61. The van der Waals surface area contributed by atoms with Crippen molar-refractivity contribution in [3.8, 4) is 5.69 Å². The first-order valence-corrected chi connectivity index (χ1v) is 12.0. The number of hydrogen-bond donors (Lipinski definition) is 2. The van der Waals surface area contributed by atoms with Crippen LogP contribution in [0.25, 0.3) is 5.69 Å². The number of benzene rings is 2. The highest BCUT2D eigenvalue weighted by atomic mass is 35.5. The Bertz CT molecular complexity index is 1260. The zero-order valence-corrected chi connectivity index (χ0v) is 21.9. The van der Waals surface area contributed by atoms with Crippen molar-refractivity contribution in [2.24, 2.45) is 0 Å². The standard InChI is InChI=1S/C26H30ClF2N5O3/c1-26(2,3)22-15-23(34(32-22)21-9-6-5-8-18(21)27)31-24(35)16-33(12-7-13-37-4)25(36)30-17-10-11-19(28)20(29)14-17/h5-6,8-11,14-15H,7,12-13,16H2,1-4H3,(H,30,36)(H,31,35). The van der Waals surface area contributed by atoms with Crippen molar-refractivity contribution in [3.05, 3.63) is 70.9 Å². The van der Waals surface area contributed by atoms with E-state index in [-0.39, 0.29) is 24.2 Å². The van der Waals surface area contributed by atoms with Gasteiger partial charge in [0, 0.05) is 43.5 Å². The molecule has 0 radical (unpaired) electrons. The molecule has 1 aromatic heterocycles. The summed E-state index contributed by atoms with van der Waals surface area (Å²) in [4.78, 5) is 27.3. The lowest BCUT2D eigenvalue weighted by Crippen LogP contribution is -2.41. The second kappa shape index (κ2) is 12.2. The lowest BCUT2D eigenvalue weighted by atomic mass is 9.92. The van der Waals surface area contributed by atoms with Crippen LogP contribution in [0.15, 0.2) is 48.5 Å². The molecule has 0 aliphatic heterocycles. The number of rotatable bonds is 9. The van der Waals surface area contributed by atoms with Crippen LogP contribution in [0.1, 0.15) is 32.9 Å². The maximum atomic E-state index is 13.6. The Hall–Kier alpha value is -3.50. The van der Waals surface area contributed by atoms with Crippen molar-refractivity contribution < 1.29 is 23.1 Å². The third kappa shape index (κ3) is 7.50. The molecular formula is C26H30ClF2N5O3. The Labute approximate surface area is 219 Å². The average molecular weight is 534 g/mol. The summed E-state index contributed by atoms with van der Waals surface area (Å²) in [6.45, 7) is 6.24. The molecule has 3 amide bonds. The highest BCUT2D eigenvalue weighted by Gasteiger charge is 2.24. The molecule has 2 N–H and O–H groups in total. The maximum Gasteiger partial charge on any atom is 0.322 e. The predicted molar refractivity (Wildman–Crippen MR) is 139 cm³/mol. The fourth-order valence-corrected chi connectivity index (χ4v) is 3.64. The average Bonchev–Trinajstić information content (AvgIpc) is 3.25. The molecule has 0 atom stereocenters. The Kier molecular flexibility index (Phi) is 9.23. The maximum absolute atomic E-state index is 13.6. The van der Waals surface area contributed by atoms with Gasteiger partial charge in [-0.3, -0.25) is 4.79 Å². The second-order valence-electron chi connectivity index (χ2n) is 9.40. The van der Waals surface area contributed by atoms with Gasteiger partial charge in [0.15, 0.2) is 11.6 Å². The van der Waals surface area contributed by atoms with E-state index in [9.17, 15) is 18.4 Å². The largest absolute Gasteiger partial charge is 0.385 e. The minimum absolute atomic E-state index is 0.0627. The molecule has 3 aromatic rings. The topological polar surface area (TPSA) is 88.5 Å². The normalized spacial score (nSPS) is 11.3. The SMILES string of the molecule is COCCCN(CC(=O)Nc1cc(C(C)(C)C)nn1-c1ccccc1Cl)C(=O)Nc1ccc(F)c(F)c1. The number of carbonyl (C=O) groups excluding carboxylic acids is 2. The number of aromatic nitrogens is 2. The molecule has 198 valence electrons. The van der Waals surface area contributed by atoms with Gasteiger partial charge in [-0.15, -0.1) is 0 Å². The summed E-state index contributed by atoms with van der Waals surface area (Å²) in [6.07, 6.45) is 0.459. The van der Waals surface area contributed by atoms with E-state index in [2.05, 4.69) is 15.7 Å². The molecule has 0 spiro atoms. The van der Waals surface area contributed by atoms with Gasteiger partial charge >= 0.3 is 6.03 Å². The zero-order valence-electron chi connectivity index (χ0n) is 21.1. The first kappa shape index (κ1) is 28.1. The molecule has 11 heteroatoms. The van der Waals surface area contributed by atoms with Gasteiger partial charge in [0.1, 0.15) is 12.4 Å². The van der Waals surface area contributed by atoms with Gasteiger partial charge < -0.3 is 20.3 Å². The minimum atomic E-state index is -1.09. The van der Waals surface area contributed by atoms with Crippen LogP contribution in [0.4, 0.5) is 25.1 Å². The highest BCUT2D eigenvalue weighted by Crippen LogP contribution is 2.29. The third-order valence-electron chi connectivity index (χ3n) is 5.39. The number of urea groups is 1. The molecule has 0 saturated heterocycles. The molecule has 0 saturated carbocycles. The number of methoxy groups -OCH3 is 1. The van der Waals surface area contributed by atoms with E-state index in [1.165, 1.54) is 18.1 Å². The Morgan fingerprint density at radius 3 is 2.46 bits per heavy atom. The van der Waals surface area contributed by atoms with Crippen molar-refractivity contribution in [1.29, 1.82) is 0 Å². The molecule has 0 bridgehead atoms. The van der Waals surface area contributed by atoms with Gasteiger partial charge in [-0.05, 0) is 30.7 Å². The van der Waals surface area contributed by atoms with Gasteiger partial charge in [0.05, 0.1) is 16.4 Å². The molecule has 0 fully saturated rings. The molecule has 0 aliphatic carbocycles. The van der Waals surface area contributed by atoms with Gasteiger partial charge in [0.2, 0.25) is 5.91 Å². The number of amides is 3. The van der Waals surface area contributed by atoms with E-state index in [1.54, 1.807) is 28.9 Å². The monoisotopic (exact) mass is 533 g/mol. The van der Waals surface area contributed by atoms with Crippen LogP contribution < -0.4 is 10.6 Å². The number of para-hydroxylation sites is 1. The second-order valence-corrected chi connectivity index (χ2v) is 9.81. The summed E-state index contributed by atoms with van der Waals surface area (Å²) in [5.41, 5.74) is 1.08. The number of halogens is 3. The van der Waals surface area contributed by atoms with Crippen LogP contribution in [0.3, 0.4) is 0 Å². The Morgan fingerprint density at radius 2 is 1.81 bits per heavy atom. The third-order valence-corrected chi connectivity index (χ3v) is 5.71. The molecule has 3 rings (SSSR count). The molecular weight excluding hydrogens is 504 g/mol. The number of hydrogen-bond acceptors (Lipinski definition) is 4. The molecule has 2 aromatic carbocycles. The van der Waals surface area contributed by atoms with Crippen molar-refractivity contribution in [2.45, 2.75) is 32.6 Å². The van der Waals surface area contributed by atoms with Gasteiger partial charge in [-0.2, -0.15) is 5.10 Å². The Balaban J connectivity index is 1.82. The van der Waals surface area contributed by atoms with E-state index in [0.717, 1.165) is 17.8 Å². The van der Waals surface area contributed by atoms with Crippen molar-refractivity contribution in [3.63, 3.8) is 0 Å². The van der Waals surface area contributed by atoms with Crippen molar-refractivity contribution in [2.75, 3.05) is 37.4 Å². The van der Waals surface area contributed by atoms with Crippen LogP contribution in [-0.4, -0.2) is 53.4 Å². The van der Waals surface area contributed by atoms with Crippen LogP contribution in [0.2, 0.25) is 5.02 Å². The van der Waals surface area contributed by atoms with Crippen LogP contribution >= 0.6 is 11.6 Å². The summed E-state index contributed by atoms with van der Waals surface area (Å²) in [5.74, 6) is -2.21. The molecule has 1 heterocycles. The lowest BCUT2D eigenvalue weighted by molar-refractivity contribution is -0.116. The van der Waals surface area contributed by atoms with Gasteiger partial charge in [-0.1, -0.05) is 44.5 Å². The van der Waals surface area contributed by atoms with Crippen LogP contribution in [-0.2, 0) is 14.9 Å². The fourth-order valence-electron chi connectivity index (χ4n) is 3.43. The van der Waals surface area contributed by atoms with E-state index in [4.69, 9.17) is 16.3 Å². The smallest absolute Gasteiger partial charge is 0.322 e. The molecule has 37 heavy (non-hydrogen) atoms. The number of carbonyl (C=O) groups is 2. The fraction of sp³-hybridized carbons (Fsp3) is 0.346. The molecule has 8 nitrogen and oxygen atoms in total. The summed E-state index contributed by atoms with van der Waals surface area (Å²) < 4.78 is 33.4. The molecule has 0 unspecified atom stereocenters. The van der Waals surface area contributed by atoms with Gasteiger partial charge in [0.25, 0.3) is 0 Å². The number of ether oxygens (including phenoxy) is 1. The quantitative estimate of drug-likeness (QED) is 0.350. The van der Waals surface area contributed by atoms with Gasteiger partial charge in [-0.25, -0.2) is 18.3 Å². The first-order valence-electron chi connectivity index (χ1n) is 11.6. The van der Waals surface area contributed by atoms with Crippen molar-refractivity contribution in [1.82, 2.24) is 14.7 Å². The van der Waals surface area contributed by atoms with Crippen LogP contribution in [0.5, 0.6) is 0 Å². The number of nitrogens with zero attached hydrogens (tertiary/aromatic N) is 3. The molecule has 0 aliphatic rings. The summed E-state index contributed by atoms with van der Waals surface area (Å²) in [5, 5.41) is 10.4.